The largest absolute Gasteiger partial charge is 0.384 e. The molecular formula is C16H28N4O3. The van der Waals surface area contributed by atoms with Crippen molar-refractivity contribution in [3.8, 4) is 0 Å². The van der Waals surface area contributed by atoms with Crippen LogP contribution in [0.2, 0.25) is 0 Å². The van der Waals surface area contributed by atoms with E-state index in [9.17, 15) is 4.79 Å². The van der Waals surface area contributed by atoms with Crippen LogP contribution >= 0.6 is 0 Å². The average Bonchev–Trinajstić information content (AvgIpc) is 3.01. The summed E-state index contributed by atoms with van der Waals surface area (Å²) in [5.74, 6) is 1.15. The first-order valence-electron chi connectivity index (χ1n) is 8.33. The number of hydrogen-bond acceptors (Lipinski definition) is 6. The highest BCUT2D eigenvalue weighted by molar-refractivity contribution is 5.76. The predicted octanol–water partition coefficient (Wildman–Crippen LogP) is 1.52. The fraction of sp³-hybridized carbons (Fsp3) is 0.812. The average molecular weight is 324 g/mol. The van der Waals surface area contributed by atoms with Crippen molar-refractivity contribution >= 4 is 5.91 Å². The molecule has 2 rings (SSSR count). The van der Waals surface area contributed by atoms with E-state index in [4.69, 9.17) is 15.0 Å². The molecule has 1 aromatic rings. The zero-order valence-electron chi connectivity index (χ0n) is 14.2. The number of hydrogen-bond donors (Lipinski definition) is 1. The Morgan fingerprint density at radius 1 is 1.39 bits per heavy atom. The van der Waals surface area contributed by atoms with E-state index in [-0.39, 0.29) is 11.3 Å². The molecule has 130 valence electrons. The smallest absolute Gasteiger partial charge is 0.246 e. The molecule has 0 bridgehead atoms. The van der Waals surface area contributed by atoms with Crippen molar-refractivity contribution in [2.45, 2.75) is 51.5 Å². The lowest BCUT2D eigenvalue weighted by Crippen LogP contribution is -2.39. The number of carbonyl (C=O) groups excluding carboxylic acids is 1. The molecule has 0 atom stereocenters. The van der Waals surface area contributed by atoms with E-state index in [1.165, 1.54) is 19.3 Å². The van der Waals surface area contributed by atoms with Gasteiger partial charge in [-0.05, 0) is 24.8 Å². The van der Waals surface area contributed by atoms with Gasteiger partial charge in [0.15, 0.2) is 5.82 Å². The molecule has 1 aliphatic rings. The van der Waals surface area contributed by atoms with E-state index < -0.39 is 0 Å². The topological polar surface area (TPSA) is 94.5 Å². The first-order chi connectivity index (χ1) is 11.1. The number of methoxy groups -OCH3 is 1. The third-order valence-corrected chi connectivity index (χ3v) is 4.71. The molecule has 1 saturated carbocycles. The van der Waals surface area contributed by atoms with Gasteiger partial charge >= 0.3 is 0 Å². The van der Waals surface area contributed by atoms with E-state index in [2.05, 4.69) is 10.1 Å². The summed E-state index contributed by atoms with van der Waals surface area (Å²) in [5.41, 5.74) is 5.94. The van der Waals surface area contributed by atoms with Crippen molar-refractivity contribution in [1.29, 1.82) is 0 Å². The number of amides is 1. The highest BCUT2D eigenvalue weighted by Crippen LogP contribution is 2.38. The van der Waals surface area contributed by atoms with Crippen molar-refractivity contribution in [2.75, 3.05) is 27.3 Å². The summed E-state index contributed by atoms with van der Waals surface area (Å²) >= 11 is 0. The van der Waals surface area contributed by atoms with Gasteiger partial charge in [-0.2, -0.15) is 4.98 Å². The number of nitrogens with two attached hydrogens (primary N) is 1. The summed E-state index contributed by atoms with van der Waals surface area (Å²) in [6.07, 6.45) is 6.79. The summed E-state index contributed by atoms with van der Waals surface area (Å²) in [6, 6.07) is 0. The first-order valence-corrected chi connectivity index (χ1v) is 8.33. The molecule has 23 heavy (non-hydrogen) atoms. The zero-order valence-corrected chi connectivity index (χ0v) is 14.2. The molecule has 1 fully saturated rings. The maximum atomic E-state index is 12.5. The molecular weight excluding hydrogens is 296 g/mol. The molecule has 1 heterocycles. The lowest BCUT2D eigenvalue weighted by Gasteiger charge is -2.36. The SMILES string of the molecule is COCCc1noc(CN(C)C(=O)CC2(CN)CCCCC2)n1. The second-order valence-electron chi connectivity index (χ2n) is 6.54. The molecule has 1 aromatic heterocycles. The van der Waals surface area contributed by atoms with Gasteiger partial charge < -0.3 is 19.9 Å². The summed E-state index contributed by atoms with van der Waals surface area (Å²) in [5, 5.41) is 3.89. The van der Waals surface area contributed by atoms with Crippen LogP contribution in [0.1, 0.15) is 50.2 Å². The normalized spacial score (nSPS) is 17.2. The molecule has 2 N–H and O–H groups in total. The lowest BCUT2D eigenvalue weighted by molar-refractivity contribution is -0.133. The fourth-order valence-corrected chi connectivity index (χ4v) is 3.15. The van der Waals surface area contributed by atoms with Crippen molar-refractivity contribution < 1.29 is 14.1 Å². The van der Waals surface area contributed by atoms with Gasteiger partial charge in [0.2, 0.25) is 11.8 Å². The molecule has 0 aliphatic heterocycles. The van der Waals surface area contributed by atoms with Gasteiger partial charge in [0.25, 0.3) is 0 Å². The Hall–Kier alpha value is -1.47. The van der Waals surface area contributed by atoms with Gasteiger partial charge in [0, 0.05) is 27.0 Å². The van der Waals surface area contributed by atoms with Crippen molar-refractivity contribution in [3.63, 3.8) is 0 Å². The van der Waals surface area contributed by atoms with Crippen LogP contribution in [-0.4, -0.2) is 48.3 Å². The molecule has 0 radical (unpaired) electrons. The van der Waals surface area contributed by atoms with Gasteiger partial charge in [-0.25, -0.2) is 0 Å². The van der Waals surface area contributed by atoms with Crippen LogP contribution in [0.25, 0.3) is 0 Å². The maximum absolute atomic E-state index is 12.5. The lowest BCUT2D eigenvalue weighted by atomic mass is 9.71. The molecule has 0 unspecified atom stereocenters. The minimum absolute atomic E-state index is 0.0257. The fourth-order valence-electron chi connectivity index (χ4n) is 3.15. The first kappa shape index (κ1) is 17.9. The second kappa shape index (κ2) is 8.40. The molecule has 0 saturated heterocycles. The summed E-state index contributed by atoms with van der Waals surface area (Å²) in [6.45, 7) is 1.46. The van der Waals surface area contributed by atoms with Crippen LogP contribution in [0.3, 0.4) is 0 Å². The molecule has 0 aromatic carbocycles. The second-order valence-corrected chi connectivity index (χ2v) is 6.54. The third-order valence-electron chi connectivity index (χ3n) is 4.71. The van der Waals surface area contributed by atoms with Crippen LogP contribution in [0, 0.1) is 5.41 Å². The molecule has 0 spiro atoms. The molecule has 1 amide bonds. The Bertz CT molecular complexity index is 497. The van der Waals surface area contributed by atoms with Crippen molar-refractivity contribution in [2.24, 2.45) is 11.1 Å². The minimum Gasteiger partial charge on any atom is -0.384 e. The van der Waals surface area contributed by atoms with E-state index in [0.717, 1.165) is 12.8 Å². The number of rotatable bonds is 8. The quantitative estimate of drug-likeness (QED) is 0.779. The number of carbonyl (C=O) groups is 1. The van der Waals surface area contributed by atoms with Crippen LogP contribution in [0.4, 0.5) is 0 Å². The number of ether oxygens (including phenoxy) is 1. The highest BCUT2D eigenvalue weighted by atomic mass is 16.5. The molecule has 7 heteroatoms. The minimum atomic E-state index is -0.0257. The van der Waals surface area contributed by atoms with Gasteiger partial charge in [0.1, 0.15) is 0 Å². The van der Waals surface area contributed by atoms with Gasteiger partial charge in [-0.1, -0.05) is 24.4 Å². The van der Waals surface area contributed by atoms with Crippen LogP contribution in [-0.2, 0) is 22.5 Å². The Morgan fingerprint density at radius 2 is 2.13 bits per heavy atom. The zero-order chi connectivity index (χ0) is 16.7. The van der Waals surface area contributed by atoms with E-state index in [0.29, 0.717) is 44.3 Å². The highest BCUT2D eigenvalue weighted by Gasteiger charge is 2.34. The molecule has 7 nitrogen and oxygen atoms in total. The standard InChI is InChI=1S/C16H28N4O3/c1-20(11-14-18-13(19-23-14)6-9-22-2)15(21)10-16(12-17)7-4-3-5-8-16/h3-12,17H2,1-2H3. The summed E-state index contributed by atoms with van der Waals surface area (Å²) in [7, 11) is 3.40. The number of aromatic nitrogens is 2. The van der Waals surface area contributed by atoms with Crippen molar-refractivity contribution in [3.05, 3.63) is 11.7 Å². The monoisotopic (exact) mass is 324 g/mol. The molecule has 1 aliphatic carbocycles. The van der Waals surface area contributed by atoms with E-state index in [1.54, 1.807) is 19.1 Å². The van der Waals surface area contributed by atoms with E-state index >= 15 is 0 Å². The Morgan fingerprint density at radius 3 is 2.78 bits per heavy atom. The Kier molecular flexibility index (Phi) is 6.53. The van der Waals surface area contributed by atoms with E-state index in [1.807, 2.05) is 0 Å². The van der Waals surface area contributed by atoms with Crippen LogP contribution in [0.5, 0.6) is 0 Å². The van der Waals surface area contributed by atoms with Gasteiger partial charge in [0.05, 0.1) is 13.2 Å². The number of nitrogens with zero attached hydrogens (tertiary/aromatic N) is 3. The Labute approximate surface area is 137 Å². The van der Waals surface area contributed by atoms with Crippen LogP contribution < -0.4 is 5.73 Å². The maximum Gasteiger partial charge on any atom is 0.246 e. The van der Waals surface area contributed by atoms with Gasteiger partial charge in [-0.15, -0.1) is 0 Å². The summed E-state index contributed by atoms with van der Waals surface area (Å²) in [4.78, 5) is 18.4. The third kappa shape index (κ3) is 5.00. The van der Waals surface area contributed by atoms with Crippen molar-refractivity contribution in [1.82, 2.24) is 15.0 Å². The Balaban J connectivity index is 1.87. The van der Waals surface area contributed by atoms with Crippen LogP contribution in [0.15, 0.2) is 4.52 Å². The summed E-state index contributed by atoms with van der Waals surface area (Å²) < 4.78 is 10.2. The predicted molar refractivity (Wildman–Crippen MR) is 85.5 cm³/mol. The van der Waals surface area contributed by atoms with Gasteiger partial charge in [-0.3, -0.25) is 4.79 Å².